The van der Waals surface area contributed by atoms with Gasteiger partial charge in [0, 0.05) is 36.5 Å². The summed E-state index contributed by atoms with van der Waals surface area (Å²) in [6.07, 6.45) is 6.68. The number of rotatable bonds is 4. The van der Waals surface area contributed by atoms with Gasteiger partial charge in [0.15, 0.2) is 5.76 Å². The maximum atomic E-state index is 12.7. The first-order chi connectivity index (χ1) is 13.2. The number of carbonyl (C=O) groups excluding carboxylic acids is 2. The largest absolute Gasteiger partial charge is 0.459 e. The molecule has 3 heterocycles. The molecule has 3 aromatic rings. The monoisotopic (exact) mass is 364 g/mol. The number of likely N-dealkylation sites (tertiary alicyclic amines) is 1. The van der Waals surface area contributed by atoms with Crippen LogP contribution in [0.5, 0.6) is 0 Å². The molecule has 0 spiro atoms. The van der Waals surface area contributed by atoms with Crippen molar-refractivity contribution in [2.75, 3.05) is 13.1 Å². The number of aromatic nitrogens is 2. The minimum atomic E-state index is -0.141. The van der Waals surface area contributed by atoms with Crippen LogP contribution in [0.3, 0.4) is 0 Å². The van der Waals surface area contributed by atoms with Crippen LogP contribution in [0.25, 0.3) is 11.1 Å². The van der Waals surface area contributed by atoms with Crippen LogP contribution in [-0.2, 0) is 0 Å². The molecule has 1 aliphatic rings. The Bertz CT molecular complexity index is 919. The van der Waals surface area contributed by atoms with Crippen LogP contribution < -0.4 is 5.32 Å². The van der Waals surface area contributed by atoms with Gasteiger partial charge in [0.05, 0.1) is 12.5 Å². The zero-order valence-corrected chi connectivity index (χ0v) is 14.7. The summed E-state index contributed by atoms with van der Waals surface area (Å²) >= 11 is 0. The second kappa shape index (κ2) is 7.49. The smallest absolute Gasteiger partial charge is 0.289 e. The molecule has 1 aliphatic heterocycles. The lowest BCUT2D eigenvalue weighted by Gasteiger charge is -2.32. The van der Waals surface area contributed by atoms with Gasteiger partial charge in [-0.15, -0.1) is 0 Å². The Labute approximate surface area is 156 Å². The first-order valence-electron chi connectivity index (χ1n) is 8.93. The van der Waals surface area contributed by atoms with Crippen LogP contribution in [0, 0.1) is 0 Å². The van der Waals surface area contributed by atoms with E-state index >= 15 is 0 Å². The molecule has 7 nitrogen and oxygen atoms in total. The molecular formula is C20H20N4O3. The van der Waals surface area contributed by atoms with E-state index in [-0.39, 0.29) is 17.9 Å². The van der Waals surface area contributed by atoms with Crippen molar-refractivity contribution in [1.29, 1.82) is 0 Å². The molecule has 7 heteroatoms. The van der Waals surface area contributed by atoms with Crippen molar-refractivity contribution in [2.45, 2.75) is 18.9 Å². The Morgan fingerprint density at radius 3 is 2.93 bits per heavy atom. The SMILES string of the molecule is O=C(N[C@@H]1CCCN(C(=O)c2ccco2)C1)c1cccc(-c2cn[nH]c2)c1. The van der Waals surface area contributed by atoms with Crippen molar-refractivity contribution in [3.8, 4) is 11.1 Å². The number of piperidine rings is 1. The zero-order valence-electron chi connectivity index (χ0n) is 14.7. The number of nitrogens with zero attached hydrogens (tertiary/aromatic N) is 2. The molecule has 0 bridgehead atoms. The molecule has 1 atom stereocenters. The lowest BCUT2D eigenvalue weighted by molar-refractivity contribution is 0.0647. The second-order valence-electron chi connectivity index (χ2n) is 6.61. The summed E-state index contributed by atoms with van der Waals surface area (Å²) in [5, 5.41) is 9.77. The lowest BCUT2D eigenvalue weighted by atomic mass is 10.0. The van der Waals surface area contributed by atoms with Gasteiger partial charge in [-0.2, -0.15) is 5.10 Å². The van der Waals surface area contributed by atoms with Crippen LogP contribution in [-0.4, -0.2) is 46.0 Å². The summed E-state index contributed by atoms with van der Waals surface area (Å²) in [4.78, 5) is 26.9. The summed E-state index contributed by atoms with van der Waals surface area (Å²) in [5.74, 6) is 0.0494. The third-order valence-electron chi connectivity index (χ3n) is 4.73. The molecule has 2 amide bonds. The molecule has 27 heavy (non-hydrogen) atoms. The molecule has 1 aromatic carbocycles. The van der Waals surface area contributed by atoms with E-state index in [1.807, 2.05) is 18.2 Å². The van der Waals surface area contributed by atoms with Crippen molar-refractivity contribution >= 4 is 11.8 Å². The molecular weight excluding hydrogens is 344 g/mol. The van der Waals surface area contributed by atoms with Gasteiger partial charge in [-0.1, -0.05) is 12.1 Å². The Hall–Kier alpha value is -3.35. The van der Waals surface area contributed by atoms with E-state index in [4.69, 9.17) is 4.42 Å². The highest BCUT2D eigenvalue weighted by Gasteiger charge is 2.27. The molecule has 0 radical (unpaired) electrons. The molecule has 1 saturated heterocycles. The minimum Gasteiger partial charge on any atom is -0.459 e. The molecule has 0 aliphatic carbocycles. The molecule has 4 rings (SSSR count). The molecule has 2 N–H and O–H groups in total. The summed E-state index contributed by atoms with van der Waals surface area (Å²) in [6, 6.07) is 10.7. The molecule has 0 saturated carbocycles. The number of hydrogen-bond donors (Lipinski definition) is 2. The number of carbonyl (C=O) groups is 2. The number of hydrogen-bond acceptors (Lipinski definition) is 4. The highest BCUT2D eigenvalue weighted by atomic mass is 16.3. The van der Waals surface area contributed by atoms with E-state index in [0.717, 1.165) is 24.0 Å². The highest BCUT2D eigenvalue weighted by Crippen LogP contribution is 2.19. The fourth-order valence-electron chi connectivity index (χ4n) is 3.35. The van der Waals surface area contributed by atoms with Crippen molar-refractivity contribution in [1.82, 2.24) is 20.4 Å². The van der Waals surface area contributed by atoms with Crippen molar-refractivity contribution < 1.29 is 14.0 Å². The molecule has 0 unspecified atom stereocenters. The Morgan fingerprint density at radius 1 is 1.22 bits per heavy atom. The van der Waals surface area contributed by atoms with Crippen molar-refractivity contribution in [3.63, 3.8) is 0 Å². The normalized spacial score (nSPS) is 16.9. The summed E-state index contributed by atoms with van der Waals surface area (Å²) in [7, 11) is 0. The Balaban J connectivity index is 1.42. The number of amides is 2. The predicted octanol–water partition coefficient (Wildman–Crippen LogP) is 2.70. The van der Waals surface area contributed by atoms with E-state index < -0.39 is 0 Å². The van der Waals surface area contributed by atoms with Crippen LogP contribution >= 0.6 is 0 Å². The topological polar surface area (TPSA) is 91.2 Å². The van der Waals surface area contributed by atoms with Gasteiger partial charge in [0.2, 0.25) is 0 Å². The first kappa shape index (κ1) is 17.1. The fraction of sp³-hybridized carbons (Fsp3) is 0.250. The minimum absolute atomic E-state index is 0.0808. The summed E-state index contributed by atoms with van der Waals surface area (Å²) in [5.41, 5.74) is 2.44. The van der Waals surface area contributed by atoms with Gasteiger partial charge in [-0.05, 0) is 42.7 Å². The van der Waals surface area contributed by atoms with Gasteiger partial charge in [0.1, 0.15) is 0 Å². The Kier molecular flexibility index (Phi) is 4.74. The van der Waals surface area contributed by atoms with E-state index in [2.05, 4.69) is 15.5 Å². The van der Waals surface area contributed by atoms with E-state index in [1.54, 1.807) is 35.5 Å². The lowest BCUT2D eigenvalue weighted by Crippen LogP contribution is -2.49. The van der Waals surface area contributed by atoms with E-state index in [9.17, 15) is 9.59 Å². The quantitative estimate of drug-likeness (QED) is 0.745. The molecule has 138 valence electrons. The molecule has 2 aromatic heterocycles. The van der Waals surface area contributed by atoms with Crippen LogP contribution in [0.1, 0.15) is 33.8 Å². The van der Waals surface area contributed by atoms with Gasteiger partial charge >= 0.3 is 0 Å². The third kappa shape index (κ3) is 3.76. The van der Waals surface area contributed by atoms with Gasteiger partial charge in [-0.3, -0.25) is 14.7 Å². The zero-order chi connectivity index (χ0) is 18.6. The van der Waals surface area contributed by atoms with Gasteiger partial charge < -0.3 is 14.6 Å². The van der Waals surface area contributed by atoms with Crippen LogP contribution in [0.2, 0.25) is 0 Å². The first-order valence-corrected chi connectivity index (χ1v) is 8.93. The number of furan rings is 1. The number of H-pyrrole nitrogens is 1. The second-order valence-corrected chi connectivity index (χ2v) is 6.61. The molecule has 1 fully saturated rings. The van der Waals surface area contributed by atoms with Crippen molar-refractivity contribution in [2.24, 2.45) is 0 Å². The standard InChI is InChI=1S/C20H20N4O3/c25-19(15-5-1-4-14(10-15)16-11-21-22-12-16)23-17-6-2-8-24(13-17)20(26)18-7-3-9-27-18/h1,3-5,7,9-12,17H,2,6,8,13H2,(H,21,22)(H,23,25)/t17-/m1/s1. The van der Waals surface area contributed by atoms with Gasteiger partial charge in [-0.25, -0.2) is 0 Å². The van der Waals surface area contributed by atoms with Crippen LogP contribution in [0.4, 0.5) is 0 Å². The number of benzene rings is 1. The average Bonchev–Trinajstić information content (AvgIpc) is 3.42. The highest BCUT2D eigenvalue weighted by molar-refractivity contribution is 5.96. The van der Waals surface area contributed by atoms with E-state index in [0.29, 0.717) is 24.4 Å². The fourth-order valence-corrected chi connectivity index (χ4v) is 3.35. The Morgan fingerprint density at radius 2 is 2.15 bits per heavy atom. The number of nitrogens with one attached hydrogen (secondary N) is 2. The predicted molar refractivity (Wildman–Crippen MR) is 99.1 cm³/mol. The summed E-state index contributed by atoms with van der Waals surface area (Å²) in [6.45, 7) is 1.15. The maximum absolute atomic E-state index is 12.7. The van der Waals surface area contributed by atoms with Gasteiger partial charge in [0.25, 0.3) is 11.8 Å². The third-order valence-corrected chi connectivity index (χ3v) is 4.73. The van der Waals surface area contributed by atoms with Crippen LogP contribution in [0.15, 0.2) is 59.5 Å². The maximum Gasteiger partial charge on any atom is 0.289 e. The summed E-state index contributed by atoms with van der Waals surface area (Å²) < 4.78 is 5.20. The van der Waals surface area contributed by atoms with E-state index in [1.165, 1.54) is 6.26 Å². The average molecular weight is 364 g/mol. The number of aromatic amines is 1. The van der Waals surface area contributed by atoms with Crippen molar-refractivity contribution in [3.05, 3.63) is 66.4 Å².